The molecule has 24 heavy (non-hydrogen) atoms. The first-order chi connectivity index (χ1) is 11.4. The standard InChI is InChI=1S/C15H13IN2O5S/c1-8(14(21)18-15-10(13(17)20)6-7-24-15)22-12(19)5-3-9-2-4-11(16)23-9/h2-8H,1H3,(H2,17,20)(H,18,21)/b5-3+. The maximum atomic E-state index is 12.0. The average Bonchev–Trinajstić information content (AvgIpc) is 3.14. The smallest absolute Gasteiger partial charge is 0.331 e. The summed E-state index contributed by atoms with van der Waals surface area (Å²) in [4.78, 5) is 34.9. The van der Waals surface area contributed by atoms with E-state index in [1.807, 2.05) is 22.6 Å². The summed E-state index contributed by atoms with van der Waals surface area (Å²) in [5, 5.41) is 4.45. The Bertz CT molecular complexity index is 795. The molecule has 2 aromatic rings. The van der Waals surface area contributed by atoms with Crippen LogP contribution in [0.4, 0.5) is 5.00 Å². The van der Waals surface area contributed by atoms with Gasteiger partial charge in [-0.05, 0) is 59.2 Å². The molecule has 2 aromatic heterocycles. The minimum atomic E-state index is -1.04. The molecule has 1 unspecified atom stereocenters. The Balaban J connectivity index is 1.91. The number of furan rings is 1. The molecular formula is C15H13IN2O5S. The van der Waals surface area contributed by atoms with E-state index in [-0.39, 0.29) is 5.56 Å². The van der Waals surface area contributed by atoms with E-state index in [1.165, 1.54) is 25.1 Å². The van der Waals surface area contributed by atoms with Crippen LogP contribution in [0.25, 0.3) is 6.08 Å². The maximum absolute atomic E-state index is 12.0. The van der Waals surface area contributed by atoms with Crippen LogP contribution in [0.3, 0.4) is 0 Å². The monoisotopic (exact) mass is 460 g/mol. The molecule has 0 radical (unpaired) electrons. The molecule has 126 valence electrons. The summed E-state index contributed by atoms with van der Waals surface area (Å²) in [6.45, 7) is 1.43. The number of anilines is 1. The highest BCUT2D eigenvalue weighted by Crippen LogP contribution is 2.23. The molecule has 9 heteroatoms. The predicted octanol–water partition coefficient (Wildman–Crippen LogP) is 2.63. The summed E-state index contributed by atoms with van der Waals surface area (Å²) >= 11 is 3.15. The first-order valence-electron chi connectivity index (χ1n) is 6.69. The van der Waals surface area contributed by atoms with E-state index in [0.717, 1.165) is 11.3 Å². The highest BCUT2D eigenvalue weighted by atomic mass is 127. The molecule has 0 aliphatic heterocycles. The molecule has 0 aromatic carbocycles. The fourth-order valence-electron chi connectivity index (χ4n) is 1.65. The molecule has 0 bridgehead atoms. The lowest BCUT2D eigenvalue weighted by molar-refractivity contribution is -0.148. The summed E-state index contributed by atoms with van der Waals surface area (Å²) in [6, 6.07) is 4.95. The zero-order chi connectivity index (χ0) is 17.7. The summed E-state index contributed by atoms with van der Waals surface area (Å²) in [7, 11) is 0. The van der Waals surface area contributed by atoms with E-state index in [1.54, 1.807) is 17.5 Å². The summed E-state index contributed by atoms with van der Waals surface area (Å²) in [6.07, 6.45) is 1.57. The Morgan fingerprint density at radius 1 is 1.38 bits per heavy atom. The lowest BCUT2D eigenvalue weighted by Crippen LogP contribution is -2.29. The number of thiophene rings is 1. The van der Waals surface area contributed by atoms with Crippen molar-refractivity contribution in [3.05, 3.63) is 44.7 Å². The SMILES string of the molecule is CC(OC(=O)/C=C/c1ccc(I)o1)C(=O)Nc1sccc1C(N)=O. The minimum absolute atomic E-state index is 0.208. The van der Waals surface area contributed by atoms with Crippen LogP contribution in [0, 0.1) is 3.77 Å². The Labute approximate surface area is 155 Å². The quantitative estimate of drug-likeness (QED) is 0.391. The molecule has 2 rings (SSSR count). The Morgan fingerprint density at radius 3 is 2.75 bits per heavy atom. The highest BCUT2D eigenvalue weighted by molar-refractivity contribution is 14.1. The van der Waals surface area contributed by atoms with Gasteiger partial charge in [0.05, 0.1) is 5.56 Å². The van der Waals surface area contributed by atoms with E-state index < -0.39 is 23.9 Å². The lowest BCUT2D eigenvalue weighted by atomic mass is 10.3. The van der Waals surface area contributed by atoms with Gasteiger partial charge in [-0.1, -0.05) is 0 Å². The number of esters is 1. The van der Waals surface area contributed by atoms with Crippen molar-refractivity contribution in [3.8, 4) is 0 Å². The zero-order valence-electron chi connectivity index (χ0n) is 12.4. The van der Waals surface area contributed by atoms with Crippen LogP contribution in [0.15, 0.2) is 34.1 Å². The number of hydrogen-bond acceptors (Lipinski definition) is 6. The van der Waals surface area contributed by atoms with Crippen LogP contribution in [0.1, 0.15) is 23.0 Å². The fraction of sp³-hybridized carbons (Fsp3) is 0.133. The highest BCUT2D eigenvalue weighted by Gasteiger charge is 2.19. The molecule has 0 saturated carbocycles. The van der Waals surface area contributed by atoms with Crippen molar-refractivity contribution >= 4 is 62.8 Å². The van der Waals surface area contributed by atoms with Crippen LogP contribution in [-0.2, 0) is 14.3 Å². The van der Waals surface area contributed by atoms with Crippen LogP contribution in [-0.4, -0.2) is 23.9 Å². The molecule has 2 heterocycles. The normalized spacial score (nSPS) is 12.1. The molecule has 2 amide bonds. The van der Waals surface area contributed by atoms with Gasteiger partial charge in [-0.15, -0.1) is 11.3 Å². The number of halogens is 1. The largest absolute Gasteiger partial charge is 0.451 e. The number of rotatable bonds is 6. The number of hydrogen-bond donors (Lipinski definition) is 2. The predicted molar refractivity (Wildman–Crippen MR) is 97.5 cm³/mol. The van der Waals surface area contributed by atoms with Crippen LogP contribution < -0.4 is 11.1 Å². The van der Waals surface area contributed by atoms with Gasteiger partial charge >= 0.3 is 5.97 Å². The molecule has 0 aliphatic carbocycles. The van der Waals surface area contributed by atoms with E-state index >= 15 is 0 Å². The number of nitrogens with two attached hydrogens (primary N) is 1. The number of nitrogens with one attached hydrogen (secondary N) is 1. The number of carbonyl (C=O) groups is 3. The molecule has 0 saturated heterocycles. The third kappa shape index (κ3) is 4.93. The summed E-state index contributed by atoms with van der Waals surface area (Å²) in [5.74, 6) is -1.40. The molecule has 3 N–H and O–H groups in total. The Morgan fingerprint density at radius 2 is 2.12 bits per heavy atom. The molecule has 0 spiro atoms. The first-order valence-corrected chi connectivity index (χ1v) is 8.65. The van der Waals surface area contributed by atoms with E-state index in [9.17, 15) is 14.4 Å². The third-order valence-electron chi connectivity index (χ3n) is 2.81. The van der Waals surface area contributed by atoms with E-state index in [0.29, 0.717) is 14.5 Å². The van der Waals surface area contributed by atoms with Crippen molar-refractivity contribution in [2.45, 2.75) is 13.0 Å². The molecular weight excluding hydrogens is 447 g/mol. The maximum Gasteiger partial charge on any atom is 0.331 e. The van der Waals surface area contributed by atoms with Crippen molar-refractivity contribution in [2.75, 3.05) is 5.32 Å². The minimum Gasteiger partial charge on any atom is -0.451 e. The Kier molecular flexibility index (Phi) is 6.15. The van der Waals surface area contributed by atoms with Gasteiger partial charge < -0.3 is 20.2 Å². The lowest BCUT2D eigenvalue weighted by Gasteiger charge is -2.11. The van der Waals surface area contributed by atoms with Gasteiger partial charge in [0, 0.05) is 6.08 Å². The van der Waals surface area contributed by atoms with Crippen molar-refractivity contribution in [3.63, 3.8) is 0 Å². The molecule has 0 aliphatic rings. The second kappa shape index (κ2) is 8.11. The fourth-order valence-corrected chi connectivity index (χ4v) is 2.88. The van der Waals surface area contributed by atoms with Gasteiger partial charge in [0.25, 0.3) is 11.8 Å². The first kappa shape index (κ1) is 18.2. The van der Waals surface area contributed by atoms with Gasteiger partial charge in [0.1, 0.15) is 10.8 Å². The summed E-state index contributed by atoms with van der Waals surface area (Å²) < 4.78 is 10.9. The average molecular weight is 460 g/mol. The molecule has 1 atom stereocenters. The van der Waals surface area contributed by atoms with Crippen LogP contribution in [0.5, 0.6) is 0 Å². The second-order valence-corrected chi connectivity index (χ2v) is 6.55. The van der Waals surface area contributed by atoms with Gasteiger partial charge in [-0.3, -0.25) is 9.59 Å². The third-order valence-corrected chi connectivity index (χ3v) is 4.22. The van der Waals surface area contributed by atoms with E-state index in [4.69, 9.17) is 14.9 Å². The number of amides is 2. The molecule has 0 fully saturated rings. The van der Waals surface area contributed by atoms with Crippen molar-refractivity contribution in [2.24, 2.45) is 5.73 Å². The van der Waals surface area contributed by atoms with Gasteiger partial charge in [0.15, 0.2) is 9.87 Å². The van der Waals surface area contributed by atoms with Crippen molar-refractivity contribution in [1.29, 1.82) is 0 Å². The van der Waals surface area contributed by atoms with Crippen molar-refractivity contribution in [1.82, 2.24) is 0 Å². The number of primary amides is 1. The van der Waals surface area contributed by atoms with Gasteiger partial charge in [-0.25, -0.2) is 4.79 Å². The van der Waals surface area contributed by atoms with Crippen LogP contribution >= 0.6 is 33.9 Å². The van der Waals surface area contributed by atoms with Crippen LogP contribution in [0.2, 0.25) is 0 Å². The number of carbonyl (C=O) groups excluding carboxylic acids is 3. The topological polar surface area (TPSA) is 112 Å². The van der Waals surface area contributed by atoms with Crippen molar-refractivity contribution < 1.29 is 23.5 Å². The molecule has 7 nitrogen and oxygen atoms in total. The van der Waals surface area contributed by atoms with E-state index in [2.05, 4.69) is 5.32 Å². The second-order valence-electron chi connectivity index (χ2n) is 4.57. The van der Waals surface area contributed by atoms with Gasteiger partial charge in [0.2, 0.25) is 0 Å². The number of ether oxygens (including phenoxy) is 1. The Hall–Kier alpha value is -2.14. The van der Waals surface area contributed by atoms with Gasteiger partial charge in [-0.2, -0.15) is 0 Å². The summed E-state index contributed by atoms with van der Waals surface area (Å²) in [5.41, 5.74) is 5.41. The zero-order valence-corrected chi connectivity index (χ0v) is 15.4.